The van der Waals surface area contributed by atoms with E-state index in [0.29, 0.717) is 24.0 Å². The van der Waals surface area contributed by atoms with Crippen molar-refractivity contribution in [2.75, 3.05) is 13.2 Å². The first-order valence-electron chi connectivity index (χ1n) is 6.67. The van der Waals surface area contributed by atoms with Crippen molar-refractivity contribution >= 4 is 10.8 Å². The van der Waals surface area contributed by atoms with Crippen molar-refractivity contribution in [2.24, 2.45) is 0 Å². The van der Waals surface area contributed by atoms with Crippen molar-refractivity contribution in [2.45, 2.75) is 12.3 Å². The van der Waals surface area contributed by atoms with Crippen LogP contribution in [0.3, 0.4) is 0 Å². The van der Waals surface area contributed by atoms with E-state index >= 15 is 0 Å². The predicted octanol–water partition coefficient (Wildman–Crippen LogP) is 2.79. The molecule has 0 spiro atoms. The fraction of sp³-hybridized carbons (Fsp3) is 0.267. The molecular weight excluding hydrogens is 254 g/mol. The van der Waals surface area contributed by atoms with Crippen LogP contribution in [-0.2, 0) is 4.74 Å². The summed E-state index contributed by atoms with van der Waals surface area (Å²) < 4.78 is 10.7. The van der Waals surface area contributed by atoms with E-state index in [9.17, 15) is 0 Å². The van der Waals surface area contributed by atoms with Gasteiger partial charge >= 0.3 is 0 Å². The van der Waals surface area contributed by atoms with Crippen LogP contribution >= 0.6 is 0 Å². The zero-order valence-corrected chi connectivity index (χ0v) is 10.8. The molecule has 1 aliphatic rings. The largest absolute Gasteiger partial charge is 0.381 e. The standard InChI is InChI=1S/C15H13N3O2/c1-2-4-11-8-16-13(7-10(11)3-1)15-17-14(18-20-15)12-5-6-19-9-12/h1-4,7-8,12H,5-6,9H2/t12-/m0/s1. The molecule has 1 saturated heterocycles. The average molecular weight is 267 g/mol. The van der Waals surface area contributed by atoms with Gasteiger partial charge in [-0.05, 0) is 17.9 Å². The predicted molar refractivity (Wildman–Crippen MR) is 73.2 cm³/mol. The van der Waals surface area contributed by atoms with Gasteiger partial charge < -0.3 is 9.26 Å². The normalized spacial score (nSPS) is 18.7. The molecule has 0 saturated carbocycles. The topological polar surface area (TPSA) is 61.0 Å². The first-order chi connectivity index (χ1) is 9.90. The SMILES string of the molecule is c1ccc2cc(-c3nc([C@H]4CCOC4)no3)ncc2c1. The highest BCUT2D eigenvalue weighted by molar-refractivity contribution is 5.84. The van der Waals surface area contributed by atoms with Crippen LogP contribution in [-0.4, -0.2) is 28.3 Å². The third-order valence-electron chi connectivity index (χ3n) is 3.59. The summed E-state index contributed by atoms with van der Waals surface area (Å²) in [6.45, 7) is 1.44. The van der Waals surface area contributed by atoms with Crippen LogP contribution in [0.5, 0.6) is 0 Å². The van der Waals surface area contributed by atoms with Gasteiger partial charge in [0.05, 0.1) is 6.61 Å². The van der Waals surface area contributed by atoms with Gasteiger partial charge in [-0.2, -0.15) is 4.98 Å². The fourth-order valence-electron chi connectivity index (χ4n) is 2.44. The third kappa shape index (κ3) is 1.96. The molecule has 4 rings (SSSR count). The van der Waals surface area contributed by atoms with Gasteiger partial charge in [0, 0.05) is 24.1 Å². The van der Waals surface area contributed by atoms with Crippen LogP contribution in [0.4, 0.5) is 0 Å². The number of rotatable bonds is 2. The second-order valence-electron chi connectivity index (χ2n) is 4.93. The van der Waals surface area contributed by atoms with Crippen LogP contribution in [0, 0.1) is 0 Å². The molecule has 3 heterocycles. The second-order valence-corrected chi connectivity index (χ2v) is 4.93. The van der Waals surface area contributed by atoms with E-state index in [0.717, 1.165) is 23.8 Å². The van der Waals surface area contributed by atoms with Gasteiger partial charge in [-0.15, -0.1) is 0 Å². The molecular formula is C15H13N3O2. The zero-order chi connectivity index (χ0) is 13.4. The Hall–Kier alpha value is -2.27. The Morgan fingerprint density at radius 2 is 2.05 bits per heavy atom. The first-order valence-corrected chi connectivity index (χ1v) is 6.67. The molecule has 20 heavy (non-hydrogen) atoms. The second kappa shape index (κ2) is 4.68. The Morgan fingerprint density at radius 1 is 1.15 bits per heavy atom. The molecule has 0 unspecified atom stereocenters. The van der Waals surface area contributed by atoms with Gasteiger partial charge in [-0.1, -0.05) is 29.4 Å². The average Bonchev–Trinajstić information content (AvgIpc) is 3.17. The van der Waals surface area contributed by atoms with Gasteiger partial charge in [0.15, 0.2) is 5.82 Å². The number of benzene rings is 1. The molecule has 1 aliphatic heterocycles. The number of pyridine rings is 1. The van der Waals surface area contributed by atoms with Gasteiger partial charge in [0.1, 0.15) is 5.69 Å². The van der Waals surface area contributed by atoms with Crippen molar-refractivity contribution in [1.82, 2.24) is 15.1 Å². The number of ether oxygens (including phenoxy) is 1. The van der Waals surface area contributed by atoms with Crippen LogP contribution in [0.1, 0.15) is 18.2 Å². The molecule has 0 bridgehead atoms. The minimum absolute atomic E-state index is 0.243. The quantitative estimate of drug-likeness (QED) is 0.714. The Bertz CT molecular complexity index is 747. The summed E-state index contributed by atoms with van der Waals surface area (Å²) in [5.41, 5.74) is 0.710. The highest BCUT2D eigenvalue weighted by Gasteiger charge is 2.23. The van der Waals surface area contributed by atoms with E-state index in [1.54, 1.807) is 0 Å². The molecule has 100 valence electrons. The van der Waals surface area contributed by atoms with Crippen LogP contribution in [0.15, 0.2) is 41.1 Å². The minimum Gasteiger partial charge on any atom is -0.381 e. The zero-order valence-electron chi connectivity index (χ0n) is 10.8. The van der Waals surface area contributed by atoms with E-state index in [4.69, 9.17) is 9.26 Å². The van der Waals surface area contributed by atoms with Crippen molar-refractivity contribution < 1.29 is 9.26 Å². The first kappa shape index (κ1) is 11.5. The summed E-state index contributed by atoms with van der Waals surface area (Å²) in [5.74, 6) is 1.43. The maximum atomic E-state index is 5.35. The number of hydrogen-bond acceptors (Lipinski definition) is 5. The molecule has 0 radical (unpaired) electrons. The summed E-state index contributed by atoms with van der Waals surface area (Å²) in [6, 6.07) is 10.0. The molecule has 0 N–H and O–H groups in total. The maximum absolute atomic E-state index is 5.35. The molecule has 2 aromatic heterocycles. The van der Waals surface area contributed by atoms with Gasteiger partial charge in [0.2, 0.25) is 0 Å². The van der Waals surface area contributed by atoms with E-state index in [2.05, 4.69) is 15.1 Å². The Labute approximate surface area is 115 Å². The van der Waals surface area contributed by atoms with E-state index < -0.39 is 0 Å². The lowest BCUT2D eigenvalue weighted by atomic mass is 10.1. The van der Waals surface area contributed by atoms with E-state index in [1.165, 1.54) is 0 Å². The van der Waals surface area contributed by atoms with Crippen molar-refractivity contribution in [3.63, 3.8) is 0 Å². The molecule has 0 amide bonds. The number of aromatic nitrogens is 3. The summed E-state index contributed by atoms with van der Waals surface area (Å²) in [5, 5.41) is 6.26. The number of nitrogens with zero attached hydrogens (tertiary/aromatic N) is 3. The van der Waals surface area contributed by atoms with Gasteiger partial charge in [-0.25, -0.2) is 0 Å². The molecule has 1 fully saturated rings. The lowest BCUT2D eigenvalue weighted by Crippen LogP contribution is -1.99. The Morgan fingerprint density at radius 3 is 2.90 bits per heavy atom. The van der Waals surface area contributed by atoms with Gasteiger partial charge in [-0.3, -0.25) is 4.98 Å². The molecule has 5 nitrogen and oxygen atoms in total. The summed E-state index contributed by atoms with van der Waals surface area (Å²) in [7, 11) is 0. The van der Waals surface area contributed by atoms with Crippen LogP contribution in [0.2, 0.25) is 0 Å². The van der Waals surface area contributed by atoms with E-state index in [1.807, 2.05) is 36.5 Å². The van der Waals surface area contributed by atoms with Gasteiger partial charge in [0.25, 0.3) is 5.89 Å². The third-order valence-corrected chi connectivity index (χ3v) is 3.59. The monoisotopic (exact) mass is 267 g/mol. The molecule has 3 aromatic rings. The smallest absolute Gasteiger partial charge is 0.276 e. The molecule has 5 heteroatoms. The lowest BCUT2D eigenvalue weighted by molar-refractivity contribution is 0.192. The maximum Gasteiger partial charge on any atom is 0.276 e. The highest BCUT2D eigenvalue weighted by Crippen LogP contribution is 2.26. The molecule has 0 aliphatic carbocycles. The van der Waals surface area contributed by atoms with E-state index in [-0.39, 0.29) is 5.92 Å². The molecule has 1 aromatic carbocycles. The number of fused-ring (bicyclic) bond motifs is 1. The fourth-order valence-corrected chi connectivity index (χ4v) is 2.44. The summed E-state index contributed by atoms with van der Waals surface area (Å²) in [6.07, 6.45) is 2.78. The molecule has 1 atom stereocenters. The summed E-state index contributed by atoms with van der Waals surface area (Å²) >= 11 is 0. The number of hydrogen-bond donors (Lipinski definition) is 0. The van der Waals surface area contributed by atoms with Crippen molar-refractivity contribution in [3.05, 3.63) is 42.4 Å². The summed E-state index contributed by atoms with van der Waals surface area (Å²) in [4.78, 5) is 8.84. The highest BCUT2D eigenvalue weighted by atomic mass is 16.5. The van der Waals surface area contributed by atoms with Crippen LogP contribution < -0.4 is 0 Å². The lowest BCUT2D eigenvalue weighted by Gasteiger charge is -1.99. The Kier molecular flexibility index (Phi) is 2.70. The van der Waals surface area contributed by atoms with Crippen molar-refractivity contribution in [1.29, 1.82) is 0 Å². The Balaban J connectivity index is 1.71. The van der Waals surface area contributed by atoms with Crippen molar-refractivity contribution in [3.8, 4) is 11.6 Å². The minimum atomic E-state index is 0.243. The van der Waals surface area contributed by atoms with Crippen LogP contribution in [0.25, 0.3) is 22.4 Å².